The number of carbonyl (C=O) groups excluding carboxylic acids is 1. The molecule has 0 aliphatic heterocycles. The molecule has 1 amide bonds. The molecule has 0 spiro atoms. The number of carbonyl (C=O) groups is 1. The predicted molar refractivity (Wildman–Crippen MR) is 90.9 cm³/mol. The molecule has 1 unspecified atom stereocenters. The van der Waals surface area contributed by atoms with Crippen molar-refractivity contribution in [2.75, 3.05) is 0 Å². The van der Waals surface area contributed by atoms with Crippen LogP contribution in [0.5, 0.6) is 0 Å². The highest BCUT2D eigenvalue weighted by atomic mass is 35.5. The molecular weight excluding hydrogens is 319 g/mol. The van der Waals surface area contributed by atoms with Crippen LogP contribution in [0.2, 0.25) is 10.0 Å². The number of benzene rings is 1. The number of nitrogens with one attached hydrogen (secondary N) is 1. The van der Waals surface area contributed by atoms with Gasteiger partial charge in [-0.05, 0) is 50.8 Å². The molecule has 1 aromatic rings. The molecule has 0 radical (unpaired) electrons. The average Bonchev–Trinajstić information content (AvgIpc) is 2.49. The van der Waals surface area contributed by atoms with Crippen LogP contribution in [0.4, 0.5) is 0 Å². The molecule has 0 saturated heterocycles. The minimum absolute atomic E-state index is 0.0639. The van der Waals surface area contributed by atoms with Crippen molar-refractivity contribution in [3.05, 3.63) is 33.8 Å². The highest BCUT2D eigenvalue weighted by Crippen LogP contribution is 2.23. The van der Waals surface area contributed by atoms with Crippen molar-refractivity contribution in [2.24, 2.45) is 11.7 Å². The molecule has 1 aliphatic carbocycles. The Morgan fingerprint density at radius 1 is 1.27 bits per heavy atom. The van der Waals surface area contributed by atoms with Crippen molar-refractivity contribution in [1.29, 1.82) is 0 Å². The van der Waals surface area contributed by atoms with Crippen LogP contribution in [0, 0.1) is 17.8 Å². The molecule has 1 saturated carbocycles. The first-order valence-electron chi connectivity index (χ1n) is 7.48. The first kappa shape index (κ1) is 17.1. The zero-order valence-corrected chi connectivity index (χ0v) is 14.0. The second kappa shape index (κ2) is 7.87. The average molecular weight is 339 g/mol. The molecule has 0 heterocycles. The number of amides is 1. The number of rotatable bonds is 2. The lowest BCUT2D eigenvalue weighted by Crippen LogP contribution is -2.39. The number of hydrogen-bond donors (Lipinski definition) is 2. The van der Waals surface area contributed by atoms with Crippen LogP contribution >= 0.6 is 23.2 Å². The van der Waals surface area contributed by atoms with E-state index in [1.807, 2.05) is 6.92 Å². The largest absolute Gasteiger partial charge is 0.342 e. The van der Waals surface area contributed by atoms with Crippen LogP contribution in [0.15, 0.2) is 18.2 Å². The van der Waals surface area contributed by atoms with Gasteiger partial charge in [0.05, 0.1) is 16.1 Å². The molecule has 1 fully saturated rings. The molecule has 0 bridgehead atoms. The fourth-order valence-corrected chi connectivity index (χ4v) is 2.81. The van der Waals surface area contributed by atoms with E-state index in [9.17, 15) is 4.79 Å². The molecule has 118 valence electrons. The quantitative estimate of drug-likeness (QED) is 0.812. The van der Waals surface area contributed by atoms with Crippen LogP contribution in [0.25, 0.3) is 0 Å². The van der Waals surface area contributed by atoms with Gasteiger partial charge < -0.3 is 11.1 Å². The molecule has 3 nitrogen and oxygen atoms in total. The second-order valence-corrected chi connectivity index (χ2v) is 6.55. The van der Waals surface area contributed by atoms with Crippen LogP contribution in [0.3, 0.4) is 0 Å². The molecule has 5 heteroatoms. The fourth-order valence-electron chi connectivity index (χ4n) is 2.51. The van der Waals surface area contributed by atoms with E-state index in [2.05, 4.69) is 17.2 Å². The van der Waals surface area contributed by atoms with E-state index in [4.69, 9.17) is 28.9 Å². The Labute approximate surface area is 141 Å². The standard InChI is InChI=1S/C17H20Cl2N2O/c1-11(2-3-12-4-9-15(18)16(19)10-12)21-17(22)13-5-7-14(20)8-6-13/h4,9-11,13-14H,5-8,20H2,1H3,(H,21,22)/t11?,13-,14-. The van der Waals surface area contributed by atoms with Gasteiger partial charge in [-0.25, -0.2) is 0 Å². The van der Waals surface area contributed by atoms with Gasteiger partial charge in [-0.2, -0.15) is 0 Å². The molecule has 1 aliphatic rings. The Hall–Kier alpha value is -1.21. The van der Waals surface area contributed by atoms with Gasteiger partial charge in [-0.15, -0.1) is 0 Å². The van der Waals surface area contributed by atoms with Gasteiger partial charge in [0.15, 0.2) is 0 Å². The third-order valence-electron chi connectivity index (χ3n) is 3.85. The van der Waals surface area contributed by atoms with E-state index in [1.165, 1.54) is 0 Å². The van der Waals surface area contributed by atoms with E-state index in [-0.39, 0.29) is 23.9 Å². The number of nitrogens with two attached hydrogens (primary N) is 1. The maximum atomic E-state index is 12.2. The Balaban J connectivity index is 1.90. The summed E-state index contributed by atoms with van der Waals surface area (Å²) in [6, 6.07) is 5.27. The molecule has 22 heavy (non-hydrogen) atoms. The molecule has 2 rings (SSSR count). The molecule has 1 aromatic carbocycles. The van der Waals surface area contributed by atoms with Gasteiger partial charge in [0.2, 0.25) is 5.91 Å². The molecule has 3 N–H and O–H groups in total. The van der Waals surface area contributed by atoms with Crippen molar-refractivity contribution in [3.8, 4) is 11.8 Å². The predicted octanol–water partition coefficient (Wildman–Crippen LogP) is 3.37. The number of halogens is 2. The minimum atomic E-state index is -0.211. The second-order valence-electron chi connectivity index (χ2n) is 5.74. The summed E-state index contributed by atoms with van der Waals surface area (Å²) in [6.07, 6.45) is 3.56. The third-order valence-corrected chi connectivity index (χ3v) is 4.59. The monoisotopic (exact) mass is 338 g/mol. The van der Waals surface area contributed by atoms with E-state index in [0.717, 1.165) is 31.2 Å². The lowest BCUT2D eigenvalue weighted by molar-refractivity contribution is -0.126. The normalized spacial score (nSPS) is 22.4. The first-order chi connectivity index (χ1) is 10.5. The van der Waals surface area contributed by atoms with Gasteiger partial charge >= 0.3 is 0 Å². The zero-order valence-electron chi connectivity index (χ0n) is 12.5. The first-order valence-corrected chi connectivity index (χ1v) is 8.24. The lowest BCUT2D eigenvalue weighted by Gasteiger charge is -2.25. The van der Waals surface area contributed by atoms with Crippen LogP contribution in [-0.4, -0.2) is 18.0 Å². The summed E-state index contributed by atoms with van der Waals surface area (Å²) in [7, 11) is 0. The lowest BCUT2D eigenvalue weighted by atomic mass is 9.86. The van der Waals surface area contributed by atoms with Gasteiger partial charge in [-0.3, -0.25) is 4.79 Å². The topological polar surface area (TPSA) is 55.1 Å². The maximum absolute atomic E-state index is 12.2. The van der Waals surface area contributed by atoms with Crippen molar-refractivity contribution >= 4 is 29.1 Å². The number of hydrogen-bond acceptors (Lipinski definition) is 2. The minimum Gasteiger partial charge on any atom is -0.342 e. The van der Waals surface area contributed by atoms with Gasteiger partial charge in [-0.1, -0.05) is 35.0 Å². The highest BCUT2D eigenvalue weighted by Gasteiger charge is 2.24. The van der Waals surface area contributed by atoms with E-state index < -0.39 is 0 Å². The third kappa shape index (κ3) is 4.91. The Kier molecular flexibility index (Phi) is 6.14. The smallest absolute Gasteiger partial charge is 0.224 e. The van der Waals surface area contributed by atoms with Crippen LogP contribution in [-0.2, 0) is 4.79 Å². The molecule has 0 aromatic heterocycles. The van der Waals surface area contributed by atoms with Crippen molar-refractivity contribution in [3.63, 3.8) is 0 Å². The summed E-state index contributed by atoms with van der Waals surface area (Å²) in [5.41, 5.74) is 6.64. The van der Waals surface area contributed by atoms with E-state index in [0.29, 0.717) is 10.0 Å². The summed E-state index contributed by atoms with van der Waals surface area (Å²) in [5.74, 6) is 6.15. The summed E-state index contributed by atoms with van der Waals surface area (Å²) < 4.78 is 0. The SMILES string of the molecule is CC(C#Cc1ccc(Cl)c(Cl)c1)NC(=O)[C@H]1CC[C@H](N)CC1. The summed E-state index contributed by atoms with van der Waals surface area (Å²) >= 11 is 11.8. The molecule has 1 atom stereocenters. The fraction of sp³-hybridized carbons (Fsp3) is 0.471. The van der Waals surface area contributed by atoms with Gasteiger partial charge in [0, 0.05) is 17.5 Å². The van der Waals surface area contributed by atoms with Crippen LogP contribution < -0.4 is 11.1 Å². The summed E-state index contributed by atoms with van der Waals surface area (Å²) in [6.45, 7) is 1.87. The van der Waals surface area contributed by atoms with Gasteiger partial charge in [0.1, 0.15) is 0 Å². The molecular formula is C17H20Cl2N2O. The van der Waals surface area contributed by atoms with Gasteiger partial charge in [0.25, 0.3) is 0 Å². The van der Waals surface area contributed by atoms with Crippen LogP contribution in [0.1, 0.15) is 38.2 Å². The summed E-state index contributed by atoms with van der Waals surface area (Å²) in [5, 5.41) is 3.93. The Morgan fingerprint density at radius 2 is 1.95 bits per heavy atom. The van der Waals surface area contributed by atoms with Crippen molar-refractivity contribution < 1.29 is 4.79 Å². The van der Waals surface area contributed by atoms with E-state index >= 15 is 0 Å². The highest BCUT2D eigenvalue weighted by molar-refractivity contribution is 6.42. The maximum Gasteiger partial charge on any atom is 0.224 e. The van der Waals surface area contributed by atoms with Crippen molar-refractivity contribution in [1.82, 2.24) is 5.32 Å². The Bertz CT molecular complexity index is 598. The summed E-state index contributed by atoms with van der Waals surface area (Å²) in [4.78, 5) is 12.2. The Morgan fingerprint density at radius 3 is 2.59 bits per heavy atom. The van der Waals surface area contributed by atoms with E-state index in [1.54, 1.807) is 18.2 Å². The zero-order chi connectivity index (χ0) is 16.1. The van der Waals surface area contributed by atoms with Crippen molar-refractivity contribution in [2.45, 2.75) is 44.7 Å².